The van der Waals surface area contributed by atoms with Gasteiger partial charge in [0, 0.05) is 12.5 Å². The lowest BCUT2D eigenvalue weighted by Gasteiger charge is -2.15. The van der Waals surface area contributed by atoms with Crippen LogP contribution in [0.3, 0.4) is 0 Å². The van der Waals surface area contributed by atoms with Crippen molar-refractivity contribution in [1.29, 1.82) is 0 Å². The lowest BCUT2D eigenvalue weighted by atomic mass is 9.98. The molecule has 18 heavy (non-hydrogen) atoms. The minimum atomic E-state index is -0.330. The van der Waals surface area contributed by atoms with Gasteiger partial charge in [-0.05, 0) is 25.7 Å². The molecule has 1 aromatic rings. The molecule has 3 nitrogen and oxygen atoms in total. The quantitative estimate of drug-likeness (QED) is 0.835. The molecule has 1 heterocycles. The highest BCUT2D eigenvalue weighted by Gasteiger charge is 2.16. The summed E-state index contributed by atoms with van der Waals surface area (Å²) in [5.74, 6) is 1.59. The number of aromatic nitrogens is 2. The summed E-state index contributed by atoms with van der Waals surface area (Å²) >= 11 is 0. The van der Waals surface area contributed by atoms with E-state index in [1.54, 1.807) is 6.92 Å². The Labute approximate surface area is 109 Å². The third-order valence-corrected chi connectivity index (χ3v) is 2.84. The molecular weight excluding hydrogens is 229 g/mol. The van der Waals surface area contributed by atoms with Crippen LogP contribution in [0, 0.1) is 18.7 Å². The van der Waals surface area contributed by atoms with Crippen LogP contribution < -0.4 is 5.32 Å². The monoisotopic (exact) mass is 253 g/mol. The molecular formula is C14H24FN3. The molecule has 1 rings (SSSR count). The van der Waals surface area contributed by atoms with E-state index in [1.165, 1.54) is 0 Å². The summed E-state index contributed by atoms with van der Waals surface area (Å²) in [6.07, 6.45) is 1.96. The zero-order valence-electron chi connectivity index (χ0n) is 12.0. The number of nitrogens with zero attached hydrogens (tertiary/aromatic N) is 2. The molecule has 0 fully saturated rings. The van der Waals surface area contributed by atoms with Crippen molar-refractivity contribution in [2.45, 2.75) is 53.4 Å². The average molecular weight is 253 g/mol. The number of hydrogen-bond donors (Lipinski definition) is 1. The summed E-state index contributed by atoms with van der Waals surface area (Å²) < 4.78 is 13.8. The van der Waals surface area contributed by atoms with E-state index in [9.17, 15) is 4.39 Å². The molecule has 0 radical (unpaired) electrons. The van der Waals surface area contributed by atoms with Gasteiger partial charge in [0.05, 0.1) is 5.69 Å². The van der Waals surface area contributed by atoms with E-state index in [4.69, 9.17) is 0 Å². The Balaban J connectivity index is 2.96. The number of aryl methyl sites for hydroxylation is 1. The van der Waals surface area contributed by atoms with Crippen LogP contribution in [-0.2, 0) is 0 Å². The largest absolute Gasteiger partial charge is 0.368 e. The van der Waals surface area contributed by atoms with Crippen molar-refractivity contribution in [2.24, 2.45) is 5.92 Å². The fourth-order valence-electron chi connectivity index (χ4n) is 1.97. The van der Waals surface area contributed by atoms with E-state index in [0.717, 1.165) is 25.2 Å². The average Bonchev–Trinajstić information content (AvgIpc) is 2.29. The summed E-state index contributed by atoms with van der Waals surface area (Å²) in [5, 5.41) is 3.03. The van der Waals surface area contributed by atoms with Crippen LogP contribution in [0.5, 0.6) is 0 Å². The van der Waals surface area contributed by atoms with Crippen molar-refractivity contribution in [3.05, 3.63) is 17.3 Å². The zero-order chi connectivity index (χ0) is 13.7. The van der Waals surface area contributed by atoms with E-state index in [0.29, 0.717) is 17.4 Å². The van der Waals surface area contributed by atoms with Crippen LogP contribution in [0.2, 0.25) is 0 Å². The molecule has 0 spiro atoms. The van der Waals surface area contributed by atoms with Gasteiger partial charge in [-0.25, -0.2) is 14.4 Å². The van der Waals surface area contributed by atoms with Gasteiger partial charge in [-0.1, -0.05) is 27.7 Å². The van der Waals surface area contributed by atoms with Crippen molar-refractivity contribution in [3.63, 3.8) is 0 Å². The summed E-state index contributed by atoms with van der Waals surface area (Å²) in [6, 6.07) is 0. The van der Waals surface area contributed by atoms with Crippen molar-refractivity contribution in [3.8, 4) is 0 Å². The Bertz CT molecular complexity index is 391. The Morgan fingerprint density at radius 1 is 1.22 bits per heavy atom. The third-order valence-electron chi connectivity index (χ3n) is 2.84. The SMILES string of the molecule is CCCNc1nc(C(C)CC(C)C)nc(C)c1F. The van der Waals surface area contributed by atoms with Crippen molar-refractivity contribution in [2.75, 3.05) is 11.9 Å². The highest BCUT2D eigenvalue weighted by atomic mass is 19.1. The predicted molar refractivity (Wildman–Crippen MR) is 73.4 cm³/mol. The van der Waals surface area contributed by atoms with Gasteiger partial charge in [0.2, 0.25) is 0 Å². The molecule has 0 amide bonds. The highest BCUT2D eigenvalue weighted by molar-refractivity contribution is 5.38. The smallest absolute Gasteiger partial charge is 0.186 e. The summed E-state index contributed by atoms with van der Waals surface area (Å²) in [5.41, 5.74) is 0.425. The molecule has 1 aromatic heterocycles. The lowest BCUT2D eigenvalue weighted by molar-refractivity contribution is 0.501. The normalized spacial score (nSPS) is 12.8. The van der Waals surface area contributed by atoms with Gasteiger partial charge in [-0.2, -0.15) is 0 Å². The first-order chi connectivity index (χ1) is 8.45. The van der Waals surface area contributed by atoms with Gasteiger partial charge >= 0.3 is 0 Å². The summed E-state index contributed by atoms with van der Waals surface area (Å²) in [6.45, 7) is 10.9. The molecule has 0 aliphatic carbocycles. The first kappa shape index (κ1) is 14.9. The number of nitrogens with one attached hydrogen (secondary N) is 1. The fraction of sp³-hybridized carbons (Fsp3) is 0.714. The Kier molecular flexibility index (Phi) is 5.51. The van der Waals surface area contributed by atoms with Crippen LogP contribution >= 0.6 is 0 Å². The van der Waals surface area contributed by atoms with Crippen LogP contribution in [0.25, 0.3) is 0 Å². The fourth-order valence-corrected chi connectivity index (χ4v) is 1.97. The second-order valence-electron chi connectivity index (χ2n) is 5.29. The topological polar surface area (TPSA) is 37.8 Å². The molecule has 102 valence electrons. The molecule has 0 aliphatic heterocycles. The molecule has 1 N–H and O–H groups in total. The number of hydrogen-bond acceptors (Lipinski definition) is 3. The minimum Gasteiger partial charge on any atom is -0.368 e. The van der Waals surface area contributed by atoms with E-state index >= 15 is 0 Å². The van der Waals surface area contributed by atoms with Gasteiger partial charge < -0.3 is 5.32 Å². The summed E-state index contributed by atoms with van der Waals surface area (Å²) in [4.78, 5) is 8.59. The van der Waals surface area contributed by atoms with Gasteiger partial charge in [0.25, 0.3) is 0 Å². The Morgan fingerprint density at radius 3 is 2.44 bits per heavy atom. The van der Waals surface area contributed by atoms with E-state index in [2.05, 4.69) is 36.1 Å². The maximum Gasteiger partial charge on any atom is 0.186 e. The summed E-state index contributed by atoms with van der Waals surface area (Å²) in [7, 11) is 0. The van der Waals surface area contributed by atoms with Crippen LogP contribution in [0.1, 0.15) is 58.0 Å². The molecule has 0 saturated heterocycles. The second-order valence-corrected chi connectivity index (χ2v) is 5.29. The van der Waals surface area contributed by atoms with Gasteiger partial charge in [0.1, 0.15) is 5.82 Å². The minimum absolute atomic E-state index is 0.256. The highest BCUT2D eigenvalue weighted by Crippen LogP contribution is 2.23. The molecule has 4 heteroatoms. The molecule has 0 bridgehead atoms. The maximum absolute atomic E-state index is 13.8. The standard InChI is InChI=1S/C14H24FN3/c1-6-7-16-14-12(15)11(5)17-13(18-14)10(4)8-9(2)3/h9-10H,6-8H2,1-5H3,(H,16,17,18). The first-order valence-corrected chi connectivity index (χ1v) is 6.73. The van der Waals surface area contributed by atoms with E-state index in [-0.39, 0.29) is 11.7 Å². The van der Waals surface area contributed by atoms with Crippen molar-refractivity contribution < 1.29 is 4.39 Å². The number of halogens is 1. The first-order valence-electron chi connectivity index (χ1n) is 6.73. The van der Waals surface area contributed by atoms with E-state index in [1.807, 2.05) is 6.92 Å². The van der Waals surface area contributed by atoms with Gasteiger partial charge in [-0.15, -0.1) is 0 Å². The van der Waals surface area contributed by atoms with Crippen LogP contribution in [0.4, 0.5) is 10.2 Å². The second kappa shape index (κ2) is 6.66. The molecule has 0 aliphatic rings. The van der Waals surface area contributed by atoms with Crippen LogP contribution in [-0.4, -0.2) is 16.5 Å². The Hall–Kier alpha value is -1.19. The predicted octanol–water partition coefficient (Wildman–Crippen LogP) is 3.90. The number of rotatable bonds is 6. The van der Waals surface area contributed by atoms with E-state index < -0.39 is 0 Å². The van der Waals surface area contributed by atoms with Gasteiger partial charge in [-0.3, -0.25) is 0 Å². The maximum atomic E-state index is 13.8. The number of anilines is 1. The lowest BCUT2D eigenvalue weighted by Crippen LogP contribution is -2.12. The third kappa shape index (κ3) is 3.93. The van der Waals surface area contributed by atoms with Gasteiger partial charge in [0.15, 0.2) is 11.6 Å². The molecule has 0 saturated carbocycles. The van der Waals surface area contributed by atoms with Crippen molar-refractivity contribution in [1.82, 2.24) is 9.97 Å². The zero-order valence-corrected chi connectivity index (χ0v) is 12.0. The Morgan fingerprint density at radius 2 is 1.89 bits per heavy atom. The molecule has 0 aromatic carbocycles. The molecule has 1 atom stereocenters. The molecule has 1 unspecified atom stereocenters. The van der Waals surface area contributed by atoms with Crippen molar-refractivity contribution >= 4 is 5.82 Å². The van der Waals surface area contributed by atoms with Crippen LogP contribution in [0.15, 0.2) is 0 Å².